The van der Waals surface area contributed by atoms with Crippen LogP contribution >= 0.6 is 11.3 Å². The Labute approximate surface area is 202 Å². The van der Waals surface area contributed by atoms with E-state index in [1.807, 2.05) is 46.6 Å². The van der Waals surface area contributed by atoms with E-state index in [2.05, 4.69) is 34.3 Å². The summed E-state index contributed by atoms with van der Waals surface area (Å²) in [6, 6.07) is 15.6. The van der Waals surface area contributed by atoms with Crippen LogP contribution in [0.3, 0.4) is 0 Å². The predicted octanol–water partition coefficient (Wildman–Crippen LogP) is 5.83. The van der Waals surface area contributed by atoms with Crippen molar-refractivity contribution in [3.63, 3.8) is 0 Å². The summed E-state index contributed by atoms with van der Waals surface area (Å²) in [5.41, 5.74) is 4.84. The van der Waals surface area contributed by atoms with Gasteiger partial charge in [0, 0.05) is 16.6 Å². The number of aromatic nitrogens is 1. The molecule has 0 radical (unpaired) electrons. The average molecular weight is 474 g/mol. The van der Waals surface area contributed by atoms with Gasteiger partial charge in [-0.1, -0.05) is 12.1 Å². The zero-order valence-corrected chi connectivity index (χ0v) is 19.9. The highest BCUT2D eigenvalue weighted by Gasteiger charge is 2.36. The molecule has 4 aromatic rings. The van der Waals surface area contributed by atoms with Gasteiger partial charge in [-0.3, -0.25) is 0 Å². The summed E-state index contributed by atoms with van der Waals surface area (Å²) in [6.07, 6.45) is 8.43. The Bertz CT molecular complexity index is 1320. The number of hydrogen-bond donors (Lipinski definition) is 1. The van der Waals surface area contributed by atoms with Crippen LogP contribution in [0.15, 0.2) is 65.4 Å². The third kappa shape index (κ3) is 3.60. The number of methoxy groups -OCH3 is 1. The van der Waals surface area contributed by atoms with Crippen molar-refractivity contribution in [3.8, 4) is 10.8 Å². The van der Waals surface area contributed by atoms with E-state index in [4.69, 9.17) is 9.15 Å². The fourth-order valence-electron chi connectivity index (χ4n) is 5.23. The molecule has 2 aliphatic rings. The lowest BCUT2D eigenvalue weighted by Gasteiger charge is -2.31. The molecule has 34 heavy (non-hydrogen) atoms. The Hall–Kier alpha value is -3.45. The van der Waals surface area contributed by atoms with Gasteiger partial charge >= 0.3 is 6.03 Å². The molecule has 0 saturated heterocycles. The summed E-state index contributed by atoms with van der Waals surface area (Å²) >= 11 is 1.89. The van der Waals surface area contributed by atoms with Crippen LogP contribution in [-0.4, -0.2) is 22.6 Å². The number of aryl methyl sites for hydroxylation is 1. The second-order valence-electron chi connectivity index (χ2n) is 8.84. The Balaban J connectivity index is 1.47. The van der Waals surface area contributed by atoms with Gasteiger partial charge in [0.05, 0.1) is 38.2 Å². The van der Waals surface area contributed by atoms with Crippen molar-refractivity contribution < 1.29 is 13.9 Å². The summed E-state index contributed by atoms with van der Waals surface area (Å²) in [4.78, 5) is 17.2. The number of nitrogens with zero attached hydrogens (tertiary/aromatic N) is 2. The zero-order chi connectivity index (χ0) is 23.1. The first kappa shape index (κ1) is 21.1. The maximum absolute atomic E-state index is 13.8. The Morgan fingerprint density at radius 3 is 2.91 bits per heavy atom. The van der Waals surface area contributed by atoms with Crippen molar-refractivity contribution in [2.24, 2.45) is 0 Å². The van der Waals surface area contributed by atoms with Gasteiger partial charge in [-0.2, -0.15) is 0 Å². The van der Waals surface area contributed by atoms with Gasteiger partial charge in [0.15, 0.2) is 0 Å². The molecule has 6 rings (SSSR count). The highest BCUT2D eigenvalue weighted by molar-refractivity contribution is 7.15. The first-order chi connectivity index (χ1) is 16.7. The van der Waals surface area contributed by atoms with E-state index in [9.17, 15) is 4.79 Å². The molecule has 6 nitrogen and oxygen atoms in total. The van der Waals surface area contributed by atoms with E-state index in [0.717, 1.165) is 35.6 Å². The Morgan fingerprint density at radius 2 is 2.06 bits per heavy atom. The second-order valence-corrected chi connectivity index (χ2v) is 9.93. The van der Waals surface area contributed by atoms with Crippen molar-refractivity contribution in [3.05, 3.63) is 94.0 Å². The molecule has 1 N–H and O–H groups in total. The molecule has 0 saturated carbocycles. The first-order valence-electron chi connectivity index (χ1n) is 11.7. The molecule has 0 spiro atoms. The minimum Gasteiger partial charge on any atom is -0.497 e. The number of fused-ring (bicyclic) bond motifs is 5. The largest absolute Gasteiger partial charge is 0.497 e. The second kappa shape index (κ2) is 8.72. The maximum Gasteiger partial charge on any atom is 0.318 e. The van der Waals surface area contributed by atoms with E-state index < -0.39 is 0 Å². The van der Waals surface area contributed by atoms with Crippen LogP contribution in [0.4, 0.5) is 4.79 Å². The van der Waals surface area contributed by atoms with Crippen molar-refractivity contribution in [2.45, 2.75) is 44.8 Å². The van der Waals surface area contributed by atoms with Gasteiger partial charge in [0.2, 0.25) is 0 Å². The average Bonchev–Trinajstić information content (AvgIpc) is 3.62. The highest BCUT2D eigenvalue weighted by Crippen LogP contribution is 2.44. The lowest BCUT2D eigenvalue weighted by atomic mass is 9.95. The Kier molecular flexibility index (Phi) is 5.41. The van der Waals surface area contributed by atoms with Gasteiger partial charge < -0.3 is 23.9 Å². The van der Waals surface area contributed by atoms with E-state index in [0.29, 0.717) is 13.1 Å². The molecule has 174 valence electrons. The number of hydrogen-bond acceptors (Lipinski definition) is 4. The number of carbonyl (C=O) groups is 1. The van der Waals surface area contributed by atoms with Crippen molar-refractivity contribution in [2.75, 3.05) is 7.11 Å². The number of urea groups is 1. The lowest BCUT2D eigenvalue weighted by Crippen LogP contribution is -2.41. The molecule has 2 amide bonds. The van der Waals surface area contributed by atoms with E-state index in [-0.39, 0.29) is 12.1 Å². The van der Waals surface area contributed by atoms with Gasteiger partial charge in [-0.05, 0) is 73.2 Å². The first-order valence-corrected chi connectivity index (χ1v) is 12.6. The molecule has 1 aliphatic heterocycles. The van der Waals surface area contributed by atoms with Crippen molar-refractivity contribution in [1.29, 1.82) is 0 Å². The lowest BCUT2D eigenvalue weighted by molar-refractivity contribution is 0.179. The number of amides is 2. The molecular formula is C27H27N3O3S. The third-order valence-electron chi connectivity index (χ3n) is 6.84. The van der Waals surface area contributed by atoms with Crippen LogP contribution in [-0.2, 0) is 25.9 Å². The molecular weight excluding hydrogens is 446 g/mol. The zero-order valence-electron chi connectivity index (χ0n) is 19.1. The maximum atomic E-state index is 13.8. The normalized spacial score (nSPS) is 16.9. The third-order valence-corrected chi connectivity index (χ3v) is 8.18. The number of nitrogens with one attached hydrogen (secondary N) is 1. The van der Waals surface area contributed by atoms with Gasteiger partial charge in [-0.25, -0.2) is 4.79 Å². The summed E-state index contributed by atoms with van der Waals surface area (Å²) < 4.78 is 13.3. The molecule has 4 heterocycles. The van der Waals surface area contributed by atoms with E-state index in [1.165, 1.54) is 33.8 Å². The predicted molar refractivity (Wildman–Crippen MR) is 132 cm³/mol. The molecule has 1 aromatic carbocycles. The minimum absolute atomic E-state index is 0.111. The monoisotopic (exact) mass is 473 g/mol. The van der Waals surface area contributed by atoms with Crippen LogP contribution in [0, 0.1) is 0 Å². The standard InChI is InChI=1S/C27H27N3O3S/c1-32-19-8-4-7-18(15-19)25-23-11-5-13-29(23)26-22(21-10-2-3-12-24(21)34-26)17-30(25)27(31)28-16-20-9-6-14-33-20/h4-9,11,13-15,25H,2-3,10,12,16-17H2,1H3,(H,28,31)/t25-/m0/s1. The van der Waals surface area contributed by atoms with Crippen LogP contribution in [0.1, 0.15) is 51.9 Å². The Morgan fingerprint density at radius 1 is 1.15 bits per heavy atom. The number of ether oxygens (including phenoxy) is 1. The van der Waals surface area contributed by atoms with Crippen LogP contribution < -0.4 is 10.1 Å². The number of thiophene rings is 1. The van der Waals surface area contributed by atoms with Crippen LogP contribution in [0.2, 0.25) is 0 Å². The van der Waals surface area contributed by atoms with Gasteiger partial charge in [0.25, 0.3) is 0 Å². The fourth-order valence-corrected chi connectivity index (χ4v) is 6.63. The van der Waals surface area contributed by atoms with E-state index in [1.54, 1.807) is 13.4 Å². The van der Waals surface area contributed by atoms with Gasteiger partial charge in [-0.15, -0.1) is 11.3 Å². The van der Waals surface area contributed by atoms with Crippen molar-refractivity contribution >= 4 is 17.4 Å². The highest BCUT2D eigenvalue weighted by atomic mass is 32.1. The SMILES string of the molecule is COc1cccc([C@H]2c3cccn3-c3sc4c(c3CN2C(=O)NCc2ccco2)CCCC4)c1. The van der Waals surface area contributed by atoms with E-state index >= 15 is 0 Å². The summed E-state index contributed by atoms with van der Waals surface area (Å²) in [5.74, 6) is 1.51. The number of benzene rings is 1. The van der Waals surface area contributed by atoms with Crippen LogP contribution in [0.25, 0.3) is 5.00 Å². The number of rotatable bonds is 4. The molecule has 3 aromatic heterocycles. The summed E-state index contributed by atoms with van der Waals surface area (Å²) in [7, 11) is 1.67. The molecule has 7 heteroatoms. The smallest absolute Gasteiger partial charge is 0.318 e. The van der Waals surface area contributed by atoms with Crippen LogP contribution in [0.5, 0.6) is 5.75 Å². The molecule has 0 fully saturated rings. The van der Waals surface area contributed by atoms with Gasteiger partial charge in [0.1, 0.15) is 16.5 Å². The van der Waals surface area contributed by atoms with Crippen molar-refractivity contribution in [1.82, 2.24) is 14.8 Å². The molecule has 1 atom stereocenters. The minimum atomic E-state index is -0.249. The quantitative estimate of drug-likeness (QED) is 0.405. The molecule has 0 bridgehead atoms. The summed E-state index contributed by atoms with van der Waals surface area (Å²) in [5, 5.41) is 4.34. The topological polar surface area (TPSA) is 59.6 Å². The number of furan rings is 1. The number of carbonyl (C=O) groups excluding carboxylic acids is 1. The summed E-state index contributed by atoms with van der Waals surface area (Å²) in [6.45, 7) is 0.914. The molecule has 0 unspecified atom stereocenters. The fraction of sp³-hybridized carbons (Fsp3) is 0.296. The molecule has 1 aliphatic carbocycles.